The summed E-state index contributed by atoms with van der Waals surface area (Å²) in [5.41, 5.74) is 1.01. The Hall–Kier alpha value is -2.67. The number of likely N-dealkylation sites (tertiary alicyclic amines) is 1. The molecular formula is C20H25FN4O2. The second-order valence-corrected chi connectivity index (χ2v) is 6.52. The predicted octanol–water partition coefficient (Wildman–Crippen LogP) is 3.06. The maximum atomic E-state index is 13.2. The van der Waals surface area contributed by atoms with Crippen molar-refractivity contribution in [1.82, 2.24) is 15.2 Å². The molecule has 2 aromatic rings. The van der Waals surface area contributed by atoms with E-state index in [-0.39, 0.29) is 5.82 Å². The van der Waals surface area contributed by atoms with Crippen LogP contribution in [0.3, 0.4) is 0 Å². The van der Waals surface area contributed by atoms with Gasteiger partial charge in [-0.15, -0.1) is 0 Å². The molecule has 2 heterocycles. The van der Waals surface area contributed by atoms with Gasteiger partial charge in [-0.2, -0.15) is 0 Å². The van der Waals surface area contributed by atoms with Gasteiger partial charge in [-0.25, -0.2) is 9.37 Å². The van der Waals surface area contributed by atoms with Crippen molar-refractivity contribution < 1.29 is 13.9 Å². The van der Waals surface area contributed by atoms with Crippen molar-refractivity contribution in [2.45, 2.75) is 13.0 Å². The molecule has 1 aliphatic rings. The van der Waals surface area contributed by atoms with Crippen molar-refractivity contribution in [2.75, 3.05) is 33.9 Å². The van der Waals surface area contributed by atoms with Crippen LogP contribution in [0.2, 0.25) is 0 Å². The van der Waals surface area contributed by atoms with Crippen LogP contribution >= 0.6 is 0 Å². The first-order valence-corrected chi connectivity index (χ1v) is 9.01. The van der Waals surface area contributed by atoms with Crippen LogP contribution in [0.25, 0.3) is 0 Å². The number of hydrogen-bond donors (Lipinski definition) is 1. The molecule has 0 aliphatic carbocycles. The van der Waals surface area contributed by atoms with Gasteiger partial charge in [-0.3, -0.25) is 4.99 Å². The Morgan fingerprint density at radius 3 is 2.96 bits per heavy atom. The van der Waals surface area contributed by atoms with Crippen molar-refractivity contribution in [3.8, 4) is 11.6 Å². The van der Waals surface area contributed by atoms with Gasteiger partial charge in [0.1, 0.15) is 11.6 Å². The summed E-state index contributed by atoms with van der Waals surface area (Å²) in [6.45, 7) is 3.33. The number of pyridine rings is 1. The lowest BCUT2D eigenvalue weighted by Crippen LogP contribution is -2.39. The lowest BCUT2D eigenvalue weighted by atomic mass is 10.1. The molecule has 1 aromatic carbocycles. The lowest BCUT2D eigenvalue weighted by molar-refractivity contribution is 0.157. The number of guanidine groups is 1. The third kappa shape index (κ3) is 5.40. The fourth-order valence-corrected chi connectivity index (χ4v) is 3.14. The van der Waals surface area contributed by atoms with Gasteiger partial charge in [-0.1, -0.05) is 12.1 Å². The van der Waals surface area contributed by atoms with Crippen molar-refractivity contribution in [3.05, 3.63) is 54.0 Å². The summed E-state index contributed by atoms with van der Waals surface area (Å²) in [6, 6.07) is 9.70. The van der Waals surface area contributed by atoms with Crippen LogP contribution in [0.5, 0.6) is 11.6 Å². The molecule has 6 nitrogen and oxygen atoms in total. The van der Waals surface area contributed by atoms with E-state index < -0.39 is 0 Å². The molecule has 3 rings (SSSR count). The van der Waals surface area contributed by atoms with Crippen LogP contribution in [0, 0.1) is 11.7 Å². The van der Waals surface area contributed by atoms with E-state index in [0.29, 0.717) is 24.1 Å². The Labute approximate surface area is 159 Å². The molecule has 1 saturated heterocycles. The van der Waals surface area contributed by atoms with E-state index >= 15 is 0 Å². The zero-order valence-electron chi connectivity index (χ0n) is 15.7. The van der Waals surface area contributed by atoms with Crippen LogP contribution in [-0.2, 0) is 11.3 Å². The minimum absolute atomic E-state index is 0.339. The fraction of sp³-hybridized carbons (Fsp3) is 0.400. The molecular weight excluding hydrogens is 347 g/mol. The Bertz CT molecular complexity index is 767. The zero-order valence-corrected chi connectivity index (χ0v) is 15.7. The first-order valence-electron chi connectivity index (χ1n) is 9.01. The number of nitrogens with zero attached hydrogens (tertiary/aromatic N) is 3. The molecule has 27 heavy (non-hydrogen) atoms. The van der Waals surface area contributed by atoms with E-state index in [2.05, 4.69) is 20.2 Å². The molecule has 1 fully saturated rings. The number of aromatic nitrogens is 1. The molecule has 1 aromatic heterocycles. The molecule has 0 spiro atoms. The van der Waals surface area contributed by atoms with E-state index in [4.69, 9.17) is 9.47 Å². The molecule has 0 amide bonds. The number of methoxy groups -OCH3 is 1. The second kappa shape index (κ2) is 9.32. The van der Waals surface area contributed by atoms with Crippen LogP contribution in [0.1, 0.15) is 12.0 Å². The van der Waals surface area contributed by atoms with Gasteiger partial charge in [0.25, 0.3) is 0 Å². The number of halogens is 1. The van der Waals surface area contributed by atoms with Crippen LogP contribution in [0.15, 0.2) is 47.6 Å². The molecule has 0 bridgehead atoms. The Morgan fingerprint density at radius 1 is 1.37 bits per heavy atom. The molecule has 1 unspecified atom stereocenters. The Morgan fingerprint density at radius 2 is 2.26 bits per heavy atom. The minimum atomic E-state index is -0.339. The smallest absolute Gasteiger partial charge is 0.219 e. The Kier molecular flexibility index (Phi) is 6.59. The van der Waals surface area contributed by atoms with Crippen LogP contribution in [-0.4, -0.2) is 49.7 Å². The summed E-state index contributed by atoms with van der Waals surface area (Å²) in [5, 5.41) is 3.37. The van der Waals surface area contributed by atoms with Gasteiger partial charge in [0, 0.05) is 58.0 Å². The molecule has 1 N–H and O–H groups in total. The average Bonchev–Trinajstić information content (AvgIpc) is 3.12. The highest BCUT2D eigenvalue weighted by Crippen LogP contribution is 2.20. The predicted molar refractivity (Wildman–Crippen MR) is 102 cm³/mol. The highest BCUT2D eigenvalue weighted by Gasteiger charge is 2.24. The van der Waals surface area contributed by atoms with Gasteiger partial charge in [-0.05, 0) is 24.1 Å². The van der Waals surface area contributed by atoms with E-state index in [1.165, 1.54) is 12.1 Å². The lowest BCUT2D eigenvalue weighted by Gasteiger charge is -2.21. The highest BCUT2D eigenvalue weighted by atomic mass is 19.1. The molecule has 1 aliphatic heterocycles. The van der Waals surface area contributed by atoms with E-state index in [9.17, 15) is 4.39 Å². The van der Waals surface area contributed by atoms with Gasteiger partial charge in [0.15, 0.2) is 5.96 Å². The number of ether oxygens (including phenoxy) is 2. The fourth-order valence-electron chi connectivity index (χ4n) is 3.14. The maximum absolute atomic E-state index is 13.2. The topological polar surface area (TPSA) is 59.0 Å². The van der Waals surface area contributed by atoms with E-state index in [1.807, 2.05) is 6.07 Å². The molecule has 7 heteroatoms. The van der Waals surface area contributed by atoms with E-state index in [1.54, 1.807) is 38.6 Å². The van der Waals surface area contributed by atoms with Crippen molar-refractivity contribution in [2.24, 2.45) is 10.9 Å². The summed E-state index contributed by atoms with van der Waals surface area (Å²) < 4.78 is 24.0. The minimum Gasteiger partial charge on any atom is -0.439 e. The summed E-state index contributed by atoms with van der Waals surface area (Å²) in [5.74, 6) is 1.95. The third-order valence-corrected chi connectivity index (χ3v) is 4.47. The first-order chi connectivity index (χ1) is 13.2. The van der Waals surface area contributed by atoms with Crippen molar-refractivity contribution in [1.29, 1.82) is 0 Å². The number of rotatable bonds is 6. The maximum Gasteiger partial charge on any atom is 0.219 e. The van der Waals surface area contributed by atoms with Gasteiger partial charge in [0.2, 0.25) is 5.88 Å². The summed E-state index contributed by atoms with van der Waals surface area (Å²) in [4.78, 5) is 10.9. The number of benzene rings is 1. The summed E-state index contributed by atoms with van der Waals surface area (Å²) in [6.07, 6.45) is 2.86. The molecule has 1 atom stereocenters. The largest absolute Gasteiger partial charge is 0.439 e. The summed E-state index contributed by atoms with van der Waals surface area (Å²) in [7, 11) is 3.53. The quantitative estimate of drug-likeness (QED) is 0.624. The summed E-state index contributed by atoms with van der Waals surface area (Å²) >= 11 is 0. The third-order valence-electron chi connectivity index (χ3n) is 4.47. The van der Waals surface area contributed by atoms with Crippen LogP contribution < -0.4 is 10.1 Å². The van der Waals surface area contributed by atoms with Gasteiger partial charge < -0.3 is 19.7 Å². The van der Waals surface area contributed by atoms with Gasteiger partial charge in [0.05, 0.1) is 6.61 Å². The normalized spacial score (nSPS) is 17.2. The van der Waals surface area contributed by atoms with Crippen LogP contribution in [0.4, 0.5) is 4.39 Å². The average molecular weight is 372 g/mol. The molecule has 0 saturated carbocycles. The Balaban J connectivity index is 1.52. The first kappa shape index (κ1) is 19.1. The number of hydrogen-bond acceptors (Lipinski definition) is 4. The zero-order chi connectivity index (χ0) is 19.1. The second-order valence-electron chi connectivity index (χ2n) is 6.52. The SMILES string of the molecule is CN=C(NCc1ccc(Oc2cccc(F)c2)nc1)N1CCC(COC)C1. The monoisotopic (exact) mass is 372 g/mol. The highest BCUT2D eigenvalue weighted by molar-refractivity contribution is 5.80. The van der Waals surface area contributed by atoms with Crippen molar-refractivity contribution in [3.63, 3.8) is 0 Å². The molecule has 0 radical (unpaired) electrons. The van der Waals surface area contributed by atoms with Gasteiger partial charge >= 0.3 is 0 Å². The standard InChI is InChI=1S/C20H25FN4O2/c1-22-20(25-9-8-16(13-25)14-26-2)24-12-15-6-7-19(23-11-15)27-18-5-3-4-17(21)10-18/h3-7,10-11,16H,8-9,12-14H2,1-2H3,(H,22,24). The van der Waals surface area contributed by atoms with Crippen molar-refractivity contribution >= 4 is 5.96 Å². The number of aliphatic imine (C=N–C) groups is 1. The molecule has 144 valence electrons. The van der Waals surface area contributed by atoms with E-state index in [0.717, 1.165) is 37.6 Å². The number of nitrogens with one attached hydrogen (secondary N) is 1.